The average Bonchev–Trinajstić information content (AvgIpc) is 3.25. The van der Waals surface area contributed by atoms with E-state index in [0.29, 0.717) is 26.4 Å². The lowest BCUT2D eigenvalue weighted by Crippen LogP contribution is -2.28. The number of benzene rings is 2. The number of ether oxygens (including phenoxy) is 2. The van der Waals surface area contributed by atoms with Crippen LogP contribution in [0.25, 0.3) is 10.2 Å². The molecular formula is C30H33N3O5S. The molecule has 0 saturated heterocycles. The van der Waals surface area contributed by atoms with Gasteiger partial charge < -0.3 is 14.8 Å². The number of carbonyl (C=O) groups is 2. The molecule has 0 bridgehead atoms. The number of hydrogen-bond acceptors (Lipinski definition) is 7. The van der Waals surface area contributed by atoms with Gasteiger partial charge in [-0.25, -0.2) is 9.78 Å². The monoisotopic (exact) mass is 547 g/mol. The molecule has 4 aromatic rings. The van der Waals surface area contributed by atoms with Crippen molar-refractivity contribution in [2.75, 3.05) is 18.5 Å². The second-order valence-electron chi connectivity index (χ2n) is 9.88. The molecule has 8 nitrogen and oxygen atoms in total. The normalized spacial score (nSPS) is 11.3. The van der Waals surface area contributed by atoms with E-state index in [9.17, 15) is 14.4 Å². The van der Waals surface area contributed by atoms with Crippen molar-refractivity contribution in [3.8, 4) is 5.75 Å². The highest BCUT2D eigenvalue weighted by Gasteiger charge is 2.22. The van der Waals surface area contributed by atoms with Gasteiger partial charge in [-0.15, -0.1) is 11.3 Å². The smallest absolute Gasteiger partial charge is 0.348 e. The Balaban J connectivity index is 1.48. The summed E-state index contributed by atoms with van der Waals surface area (Å²) in [5, 5.41) is 3.35. The number of nitrogens with zero attached hydrogens (tertiary/aromatic N) is 2. The number of thiophene rings is 1. The molecule has 0 aliphatic rings. The zero-order chi connectivity index (χ0) is 28.1. The molecule has 1 amide bonds. The number of nitrogens with one attached hydrogen (secondary N) is 1. The van der Waals surface area contributed by atoms with Gasteiger partial charge in [-0.1, -0.05) is 64.1 Å². The predicted molar refractivity (Wildman–Crippen MR) is 154 cm³/mol. The van der Waals surface area contributed by atoms with Crippen LogP contribution in [0.4, 0.5) is 5.69 Å². The number of carbonyl (C=O) groups excluding carboxylic acids is 2. The molecule has 2 aromatic heterocycles. The Kier molecular flexibility index (Phi) is 8.81. The average molecular weight is 548 g/mol. The highest BCUT2D eigenvalue weighted by atomic mass is 32.1. The van der Waals surface area contributed by atoms with Gasteiger partial charge in [-0.3, -0.25) is 14.2 Å². The Labute approximate surface area is 231 Å². The number of fused-ring (bicyclic) bond motifs is 1. The molecule has 1 N–H and O–H groups in total. The summed E-state index contributed by atoms with van der Waals surface area (Å²) in [6.45, 7) is 10.1. The van der Waals surface area contributed by atoms with Gasteiger partial charge in [-0.2, -0.15) is 0 Å². The van der Waals surface area contributed by atoms with E-state index in [2.05, 4.69) is 38.0 Å². The minimum atomic E-state index is -0.539. The number of amides is 1. The Bertz CT molecular complexity index is 1510. The SMILES string of the molecule is Cc1c(C(=O)OCCOc2ccccc2)sc2ncn(CC(=O)Nc3c(C(C)C)cccc3C(C)C)c(=O)c12. The molecule has 204 valence electrons. The third kappa shape index (κ3) is 6.37. The van der Waals surface area contributed by atoms with E-state index in [0.717, 1.165) is 28.2 Å². The van der Waals surface area contributed by atoms with Crippen LogP contribution in [0.3, 0.4) is 0 Å². The molecule has 9 heteroatoms. The van der Waals surface area contributed by atoms with E-state index in [1.807, 2.05) is 48.5 Å². The van der Waals surface area contributed by atoms with Crippen molar-refractivity contribution in [2.24, 2.45) is 0 Å². The molecule has 0 unspecified atom stereocenters. The van der Waals surface area contributed by atoms with Crippen molar-refractivity contribution in [3.05, 3.63) is 86.8 Å². The summed E-state index contributed by atoms with van der Waals surface area (Å²) in [7, 11) is 0. The summed E-state index contributed by atoms with van der Waals surface area (Å²) in [4.78, 5) is 44.2. The number of aryl methyl sites for hydroxylation is 1. The second-order valence-corrected chi connectivity index (χ2v) is 10.9. The van der Waals surface area contributed by atoms with E-state index in [4.69, 9.17) is 9.47 Å². The van der Waals surface area contributed by atoms with Gasteiger partial charge in [-0.05, 0) is 47.6 Å². The fraction of sp³-hybridized carbons (Fsp3) is 0.333. The van der Waals surface area contributed by atoms with Gasteiger partial charge in [0, 0.05) is 5.69 Å². The summed E-state index contributed by atoms with van der Waals surface area (Å²) in [5.41, 5.74) is 2.99. The van der Waals surface area contributed by atoms with Crippen LogP contribution in [0, 0.1) is 6.92 Å². The summed E-state index contributed by atoms with van der Waals surface area (Å²) in [6.07, 6.45) is 1.35. The van der Waals surface area contributed by atoms with Crippen molar-refractivity contribution in [3.63, 3.8) is 0 Å². The summed E-state index contributed by atoms with van der Waals surface area (Å²) in [5.74, 6) is 0.266. The Morgan fingerprint density at radius 2 is 1.64 bits per heavy atom. The molecule has 2 aromatic carbocycles. The number of anilines is 1. The zero-order valence-electron chi connectivity index (χ0n) is 22.8. The van der Waals surface area contributed by atoms with Gasteiger partial charge in [0.25, 0.3) is 5.56 Å². The maximum Gasteiger partial charge on any atom is 0.348 e. The first-order valence-corrected chi connectivity index (χ1v) is 13.7. The van der Waals surface area contributed by atoms with Crippen molar-refractivity contribution < 1.29 is 19.1 Å². The first-order chi connectivity index (χ1) is 18.7. The zero-order valence-corrected chi connectivity index (χ0v) is 23.6. The number of esters is 1. The second kappa shape index (κ2) is 12.3. The first-order valence-electron chi connectivity index (χ1n) is 12.9. The fourth-order valence-corrected chi connectivity index (χ4v) is 5.40. The van der Waals surface area contributed by atoms with E-state index < -0.39 is 5.97 Å². The lowest BCUT2D eigenvalue weighted by molar-refractivity contribution is -0.116. The Morgan fingerprint density at radius 3 is 2.28 bits per heavy atom. The lowest BCUT2D eigenvalue weighted by Gasteiger charge is -2.20. The van der Waals surface area contributed by atoms with E-state index >= 15 is 0 Å². The third-order valence-electron chi connectivity index (χ3n) is 6.38. The Morgan fingerprint density at radius 1 is 0.974 bits per heavy atom. The topological polar surface area (TPSA) is 99.5 Å². The molecule has 0 fully saturated rings. The van der Waals surface area contributed by atoms with Crippen molar-refractivity contribution >= 4 is 39.1 Å². The molecule has 0 radical (unpaired) electrons. The molecule has 0 saturated carbocycles. The van der Waals surface area contributed by atoms with Crippen LogP contribution in [0.2, 0.25) is 0 Å². The molecule has 39 heavy (non-hydrogen) atoms. The minimum absolute atomic E-state index is 0.0649. The van der Waals surface area contributed by atoms with Crippen LogP contribution < -0.4 is 15.6 Å². The largest absolute Gasteiger partial charge is 0.490 e. The van der Waals surface area contributed by atoms with Gasteiger partial charge in [0.05, 0.1) is 11.7 Å². The molecule has 0 atom stereocenters. The van der Waals surface area contributed by atoms with E-state index in [1.165, 1.54) is 10.9 Å². The summed E-state index contributed by atoms with van der Waals surface area (Å²) < 4.78 is 12.2. The minimum Gasteiger partial charge on any atom is -0.490 e. The predicted octanol–water partition coefficient (Wildman–Crippen LogP) is 5.89. The maximum absolute atomic E-state index is 13.3. The van der Waals surface area contributed by atoms with Crippen LogP contribution in [0.1, 0.15) is 65.9 Å². The van der Waals surface area contributed by atoms with Crippen molar-refractivity contribution in [1.29, 1.82) is 0 Å². The molecular weight excluding hydrogens is 514 g/mol. The number of para-hydroxylation sites is 2. The molecule has 0 aliphatic heterocycles. The summed E-state index contributed by atoms with van der Waals surface area (Å²) in [6, 6.07) is 15.3. The lowest BCUT2D eigenvalue weighted by atomic mass is 9.92. The van der Waals surface area contributed by atoms with Gasteiger partial charge in [0.1, 0.15) is 35.2 Å². The molecule has 0 spiro atoms. The third-order valence-corrected chi connectivity index (χ3v) is 7.56. The Hall–Kier alpha value is -3.98. The fourth-order valence-electron chi connectivity index (χ4n) is 4.37. The van der Waals surface area contributed by atoms with Gasteiger partial charge >= 0.3 is 5.97 Å². The maximum atomic E-state index is 13.3. The van der Waals surface area contributed by atoms with Crippen LogP contribution in [-0.4, -0.2) is 34.6 Å². The van der Waals surface area contributed by atoms with Crippen LogP contribution in [0.15, 0.2) is 59.7 Å². The number of hydrogen-bond donors (Lipinski definition) is 1. The number of aromatic nitrogens is 2. The molecule has 2 heterocycles. The highest BCUT2D eigenvalue weighted by Crippen LogP contribution is 2.32. The van der Waals surface area contributed by atoms with Crippen LogP contribution in [0.5, 0.6) is 5.75 Å². The standard InChI is InChI=1S/C30H33N3O5S/c1-18(2)22-12-9-13-23(19(3)4)26(22)32-24(34)16-33-17-31-28-25(29(33)35)20(5)27(39-28)30(36)38-15-14-37-21-10-7-6-8-11-21/h6-13,17-19H,14-16H2,1-5H3,(H,32,34). The van der Waals surface area contributed by atoms with Crippen molar-refractivity contribution in [1.82, 2.24) is 9.55 Å². The first kappa shape index (κ1) is 28.0. The highest BCUT2D eigenvalue weighted by molar-refractivity contribution is 7.20. The number of rotatable bonds is 10. The van der Waals surface area contributed by atoms with Gasteiger partial charge in [0.2, 0.25) is 5.91 Å². The quantitative estimate of drug-likeness (QED) is 0.196. The van der Waals surface area contributed by atoms with Crippen LogP contribution in [-0.2, 0) is 16.1 Å². The van der Waals surface area contributed by atoms with E-state index in [1.54, 1.807) is 6.92 Å². The van der Waals surface area contributed by atoms with E-state index in [-0.39, 0.29) is 43.1 Å². The molecule has 4 rings (SSSR count). The molecule has 0 aliphatic carbocycles. The van der Waals surface area contributed by atoms with Gasteiger partial charge in [0.15, 0.2) is 0 Å². The van der Waals surface area contributed by atoms with Crippen molar-refractivity contribution in [2.45, 2.75) is 53.0 Å². The van der Waals surface area contributed by atoms with Crippen LogP contribution >= 0.6 is 11.3 Å². The summed E-state index contributed by atoms with van der Waals surface area (Å²) >= 11 is 1.10.